The zero-order valence-electron chi connectivity index (χ0n) is 11.9. The van der Waals surface area contributed by atoms with Crippen LogP contribution in [-0.2, 0) is 0 Å². The van der Waals surface area contributed by atoms with E-state index in [2.05, 4.69) is 47.2 Å². The standard InChI is InChI=1S/C16H17BrCl2N2/c1-9-6-11(7-10(2)16(9)17)21-14(8-20)15-12(18)4-3-5-13(15)19/h3-7,14,21H,8,20H2,1-2H3. The highest BCUT2D eigenvalue weighted by Crippen LogP contribution is 2.33. The van der Waals surface area contributed by atoms with Gasteiger partial charge in [-0.25, -0.2) is 0 Å². The fraction of sp³-hybridized carbons (Fsp3) is 0.250. The van der Waals surface area contributed by atoms with E-state index in [1.54, 1.807) is 0 Å². The van der Waals surface area contributed by atoms with Gasteiger partial charge in [0.15, 0.2) is 0 Å². The van der Waals surface area contributed by atoms with Crippen molar-refractivity contribution >= 4 is 44.8 Å². The van der Waals surface area contributed by atoms with Crippen molar-refractivity contribution < 1.29 is 0 Å². The third-order valence-corrected chi connectivity index (χ3v) is 5.27. The summed E-state index contributed by atoms with van der Waals surface area (Å²) >= 11 is 16.1. The monoisotopic (exact) mass is 386 g/mol. The van der Waals surface area contributed by atoms with E-state index in [1.807, 2.05) is 18.2 Å². The minimum atomic E-state index is -0.133. The molecule has 112 valence electrons. The molecule has 2 aromatic rings. The van der Waals surface area contributed by atoms with E-state index in [1.165, 1.54) is 11.1 Å². The summed E-state index contributed by atoms with van der Waals surface area (Å²) in [6, 6.07) is 9.49. The van der Waals surface area contributed by atoms with Gasteiger partial charge in [0.25, 0.3) is 0 Å². The molecule has 0 saturated carbocycles. The van der Waals surface area contributed by atoms with Crippen molar-refractivity contribution in [1.29, 1.82) is 0 Å². The van der Waals surface area contributed by atoms with Crippen LogP contribution in [0.4, 0.5) is 5.69 Å². The van der Waals surface area contributed by atoms with Crippen molar-refractivity contribution in [3.05, 3.63) is 61.5 Å². The second-order valence-corrected chi connectivity index (χ2v) is 6.60. The van der Waals surface area contributed by atoms with Gasteiger partial charge in [0.05, 0.1) is 6.04 Å². The third-order valence-electron chi connectivity index (χ3n) is 3.36. The van der Waals surface area contributed by atoms with Crippen LogP contribution < -0.4 is 11.1 Å². The van der Waals surface area contributed by atoms with Crippen LogP contribution in [0.3, 0.4) is 0 Å². The maximum Gasteiger partial charge on any atom is 0.0665 e. The highest BCUT2D eigenvalue weighted by atomic mass is 79.9. The maximum absolute atomic E-state index is 6.27. The molecular weight excluding hydrogens is 371 g/mol. The Kier molecular flexibility index (Phi) is 5.55. The molecule has 5 heteroatoms. The van der Waals surface area contributed by atoms with Crippen molar-refractivity contribution in [2.24, 2.45) is 5.73 Å². The number of anilines is 1. The minimum absolute atomic E-state index is 0.133. The average Bonchev–Trinajstić information content (AvgIpc) is 2.43. The largest absolute Gasteiger partial charge is 0.377 e. The SMILES string of the molecule is Cc1cc(NC(CN)c2c(Cl)cccc2Cl)cc(C)c1Br. The lowest BCUT2D eigenvalue weighted by Crippen LogP contribution is -2.21. The van der Waals surface area contributed by atoms with E-state index < -0.39 is 0 Å². The van der Waals surface area contributed by atoms with Crippen molar-refractivity contribution in [2.45, 2.75) is 19.9 Å². The van der Waals surface area contributed by atoms with Gasteiger partial charge in [-0.3, -0.25) is 0 Å². The van der Waals surface area contributed by atoms with Crippen molar-refractivity contribution in [3.8, 4) is 0 Å². The molecule has 21 heavy (non-hydrogen) atoms. The molecule has 3 N–H and O–H groups in total. The number of nitrogens with one attached hydrogen (secondary N) is 1. The second kappa shape index (κ2) is 7.01. The fourth-order valence-electron chi connectivity index (χ4n) is 2.32. The molecule has 0 heterocycles. The first kappa shape index (κ1) is 16.6. The van der Waals surface area contributed by atoms with Gasteiger partial charge in [-0.2, -0.15) is 0 Å². The van der Waals surface area contributed by atoms with Gasteiger partial charge >= 0.3 is 0 Å². The van der Waals surface area contributed by atoms with Crippen molar-refractivity contribution in [3.63, 3.8) is 0 Å². The van der Waals surface area contributed by atoms with Gasteiger partial charge in [-0.1, -0.05) is 45.2 Å². The number of halogens is 3. The molecule has 0 aliphatic heterocycles. The Morgan fingerprint density at radius 3 is 2.14 bits per heavy atom. The number of hydrogen-bond acceptors (Lipinski definition) is 2. The van der Waals surface area contributed by atoms with Gasteiger partial charge in [-0.15, -0.1) is 0 Å². The summed E-state index contributed by atoms with van der Waals surface area (Å²) < 4.78 is 1.12. The van der Waals surface area contributed by atoms with Crippen LogP contribution in [0, 0.1) is 13.8 Å². The molecule has 1 unspecified atom stereocenters. The molecule has 2 rings (SSSR count). The van der Waals surface area contributed by atoms with E-state index >= 15 is 0 Å². The van der Waals surface area contributed by atoms with E-state index in [4.69, 9.17) is 28.9 Å². The van der Waals surface area contributed by atoms with Gasteiger partial charge in [-0.05, 0) is 49.2 Å². The van der Waals surface area contributed by atoms with Crippen LogP contribution >= 0.6 is 39.1 Å². The fourth-order valence-corrected chi connectivity index (χ4v) is 3.21. The Bertz CT molecular complexity index is 615. The summed E-state index contributed by atoms with van der Waals surface area (Å²) in [4.78, 5) is 0. The van der Waals surface area contributed by atoms with Crippen LogP contribution in [-0.4, -0.2) is 6.54 Å². The summed E-state index contributed by atoms with van der Waals surface area (Å²) in [6.07, 6.45) is 0. The molecular formula is C16H17BrCl2N2. The topological polar surface area (TPSA) is 38.0 Å². The number of rotatable bonds is 4. The highest BCUT2D eigenvalue weighted by molar-refractivity contribution is 9.10. The minimum Gasteiger partial charge on any atom is -0.377 e. The molecule has 0 fully saturated rings. The summed E-state index contributed by atoms with van der Waals surface area (Å²) in [5.41, 5.74) is 10.1. The Hall–Kier alpha value is -0.740. The molecule has 0 radical (unpaired) electrons. The molecule has 0 amide bonds. The van der Waals surface area contributed by atoms with Crippen molar-refractivity contribution in [2.75, 3.05) is 11.9 Å². The second-order valence-electron chi connectivity index (χ2n) is 4.99. The molecule has 0 aliphatic rings. The number of nitrogens with two attached hydrogens (primary N) is 1. The van der Waals surface area contributed by atoms with E-state index in [0.717, 1.165) is 15.7 Å². The predicted molar refractivity (Wildman–Crippen MR) is 95.5 cm³/mol. The zero-order chi connectivity index (χ0) is 15.6. The molecule has 0 spiro atoms. The van der Waals surface area contributed by atoms with Gasteiger partial charge < -0.3 is 11.1 Å². The first-order valence-corrected chi connectivity index (χ1v) is 8.16. The van der Waals surface area contributed by atoms with E-state index in [-0.39, 0.29) is 6.04 Å². The van der Waals surface area contributed by atoms with Gasteiger partial charge in [0, 0.05) is 32.3 Å². The summed E-state index contributed by atoms with van der Waals surface area (Å²) in [6.45, 7) is 4.52. The molecule has 0 saturated heterocycles. The zero-order valence-corrected chi connectivity index (χ0v) is 15.0. The molecule has 1 atom stereocenters. The molecule has 2 aromatic carbocycles. The third kappa shape index (κ3) is 3.72. The first-order valence-electron chi connectivity index (χ1n) is 6.61. The van der Waals surface area contributed by atoms with E-state index in [9.17, 15) is 0 Å². The number of aryl methyl sites for hydroxylation is 2. The summed E-state index contributed by atoms with van der Waals surface area (Å²) in [7, 11) is 0. The Balaban J connectivity index is 2.36. The summed E-state index contributed by atoms with van der Waals surface area (Å²) in [5, 5.41) is 4.66. The number of hydrogen-bond donors (Lipinski definition) is 2. The summed E-state index contributed by atoms with van der Waals surface area (Å²) in [5.74, 6) is 0. The van der Waals surface area contributed by atoms with Crippen LogP contribution in [0.25, 0.3) is 0 Å². The van der Waals surface area contributed by atoms with Crippen molar-refractivity contribution in [1.82, 2.24) is 0 Å². The Morgan fingerprint density at radius 2 is 1.67 bits per heavy atom. The Morgan fingerprint density at radius 1 is 1.14 bits per heavy atom. The highest BCUT2D eigenvalue weighted by Gasteiger charge is 2.17. The van der Waals surface area contributed by atoms with Crippen LogP contribution in [0.2, 0.25) is 10.0 Å². The van der Waals surface area contributed by atoms with Gasteiger partial charge in [0.2, 0.25) is 0 Å². The normalized spacial score (nSPS) is 12.3. The average molecular weight is 388 g/mol. The number of benzene rings is 2. The van der Waals surface area contributed by atoms with Crippen LogP contribution in [0.1, 0.15) is 22.7 Å². The Labute approximate surface area is 143 Å². The van der Waals surface area contributed by atoms with Crippen LogP contribution in [0.15, 0.2) is 34.8 Å². The quantitative estimate of drug-likeness (QED) is 0.728. The first-order chi connectivity index (χ1) is 9.93. The molecule has 0 bridgehead atoms. The smallest absolute Gasteiger partial charge is 0.0665 e. The van der Waals surface area contributed by atoms with Crippen LogP contribution in [0.5, 0.6) is 0 Å². The van der Waals surface area contributed by atoms with E-state index in [0.29, 0.717) is 16.6 Å². The molecule has 0 aromatic heterocycles. The lowest BCUT2D eigenvalue weighted by atomic mass is 10.1. The predicted octanol–water partition coefficient (Wildman–Crippen LogP) is 5.48. The lowest BCUT2D eigenvalue weighted by Gasteiger charge is -2.22. The molecule has 0 aliphatic carbocycles. The molecule has 2 nitrogen and oxygen atoms in total. The van der Waals surface area contributed by atoms with Gasteiger partial charge in [0.1, 0.15) is 0 Å². The maximum atomic E-state index is 6.27. The lowest BCUT2D eigenvalue weighted by molar-refractivity contribution is 0.790.